The Balaban J connectivity index is 2.25. The number of hydrogen-bond donors (Lipinski definition) is 0. The van der Waals surface area contributed by atoms with Gasteiger partial charge in [0, 0.05) is 12.0 Å². The second-order valence-corrected chi connectivity index (χ2v) is 3.78. The lowest BCUT2D eigenvalue weighted by molar-refractivity contribution is -0.114. The molecule has 0 aliphatic heterocycles. The average molecular weight is 194 g/mol. The normalized spacial score (nSPS) is 17.7. The van der Waals surface area contributed by atoms with Gasteiger partial charge >= 0.3 is 0 Å². The van der Waals surface area contributed by atoms with Crippen LogP contribution >= 0.6 is 0 Å². The number of benzene rings is 1. The number of carbonyl (C=O) groups is 1. The number of rotatable bonds is 0. The molecule has 0 fully saturated rings. The third kappa shape index (κ3) is 1.20. The number of hydrogen-bond acceptors (Lipinski definition) is 1. The molecule has 15 heavy (non-hydrogen) atoms. The summed E-state index contributed by atoms with van der Waals surface area (Å²) in [6, 6.07) is 8.13. The summed E-state index contributed by atoms with van der Waals surface area (Å²) in [4.78, 5) is 11.8. The Kier molecular flexibility index (Phi) is 1.72. The molecule has 0 unspecified atom stereocenters. The third-order valence-corrected chi connectivity index (χ3v) is 2.84. The van der Waals surface area contributed by atoms with E-state index in [1.165, 1.54) is 5.56 Å². The highest BCUT2D eigenvalue weighted by molar-refractivity contribution is 6.18. The van der Waals surface area contributed by atoms with Gasteiger partial charge in [0.2, 0.25) is 0 Å². The van der Waals surface area contributed by atoms with E-state index in [0.29, 0.717) is 6.42 Å². The maximum atomic E-state index is 11.8. The molecular weight excluding hydrogens is 184 g/mol. The quantitative estimate of drug-likeness (QED) is 0.620. The van der Waals surface area contributed by atoms with Gasteiger partial charge in [0.05, 0.1) is 0 Å². The Hall–Kier alpha value is -1.89. The van der Waals surface area contributed by atoms with Gasteiger partial charge in [-0.3, -0.25) is 4.79 Å². The molecule has 0 atom stereocenters. The molecule has 3 rings (SSSR count). The van der Waals surface area contributed by atoms with Crippen LogP contribution in [0.5, 0.6) is 0 Å². The molecule has 0 radical (unpaired) electrons. The Morgan fingerprint density at radius 1 is 1.07 bits per heavy atom. The molecule has 1 aromatic carbocycles. The zero-order valence-corrected chi connectivity index (χ0v) is 8.23. The van der Waals surface area contributed by atoms with Crippen LogP contribution in [0.3, 0.4) is 0 Å². The van der Waals surface area contributed by atoms with Gasteiger partial charge in [-0.05, 0) is 22.8 Å². The summed E-state index contributed by atoms with van der Waals surface area (Å²) in [6.45, 7) is 0. The van der Waals surface area contributed by atoms with Crippen LogP contribution in [0.2, 0.25) is 0 Å². The predicted octanol–water partition coefficient (Wildman–Crippen LogP) is 3.00. The lowest BCUT2D eigenvalue weighted by Gasteiger charge is -2.02. The molecule has 0 bridgehead atoms. The van der Waals surface area contributed by atoms with E-state index in [-0.39, 0.29) is 5.78 Å². The van der Waals surface area contributed by atoms with E-state index < -0.39 is 0 Å². The zero-order valence-electron chi connectivity index (χ0n) is 8.23. The van der Waals surface area contributed by atoms with Gasteiger partial charge in [-0.15, -0.1) is 0 Å². The third-order valence-electron chi connectivity index (χ3n) is 2.84. The topological polar surface area (TPSA) is 17.1 Å². The van der Waals surface area contributed by atoms with Gasteiger partial charge in [-0.1, -0.05) is 42.5 Å². The number of ketones is 1. The molecule has 0 heterocycles. The standard InChI is InChI=1S/C14H10O/c15-14-8-4-3-7-12-11-6-2-1-5-10(11)9-13(12)14/h1-7,9H,8H2. The molecule has 2 aliphatic carbocycles. The maximum absolute atomic E-state index is 11.8. The van der Waals surface area contributed by atoms with E-state index in [0.717, 1.165) is 16.7 Å². The highest BCUT2D eigenvalue weighted by atomic mass is 16.1. The van der Waals surface area contributed by atoms with Crippen LogP contribution in [0.15, 0.2) is 48.1 Å². The van der Waals surface area contributed by atoms with Crippen molar-refractivity contribution in [1.29, 1.82) is 0 Å². The van der Waals surface area contributed by atoms with Crippen LogP contribution in [-0.2, 0) is 4.79 Å². The van der Waals surface area contributed by atoms with Gasteiger partial charge in [-0.25, -0.2) is 0 Å². The van der Waals surface area contributed by atoms with Crippen LogP contribution in [0.25, 0.3) is 11.6 Å². The average Bonchev–Trinajstić information content (AvgIpc) is 2.54. The van der Waals surface area contributed by atoms with Crippen molar-refractivity contribution in [3.8, 4) is 0 Å². The van der Waals surface area contributed by atoms with Crippen LogP contribution in [0.1, 0.15) is 17.5 Å². The Morgan fingerprint density at radius 3 is 2.87 bits per heavy atom. The Bertz CT molecular complexity index is 530. The molecular formula is C14H10O. The van der Waals surface area contributed by atoms with Crippen molar-refractivity contribution >= 4 is 17.4 Å². The number of fused-ring (bicyclic) bond motifs is 3. The number of Topliss-reactive ketones (excluding diaryl/α,β-unsaturated/α-hetero) is 1. The van der Waals surface area contributed by atoms with Gasteiger partial charge in [0.1, 0.15) is 0 Å². The first-order chi connectivity index (χ1) is 7.36. The maximum Gasteiger partial charge on any atom is 0.167 e. The molecule has 0 saturated heterocycles. The van der Waals surface area contributed by atoms with E-state index in [4.69, 9.17) is 0 Å². The summed E-state index contributed by atoms with van der Waals surface area (Å²) in [5.41, 5.74) is 4.26. The molecule has 0 amide bonds. The minimum Gasteiger partial charge on any atom is -0.294 e. The lowest BCUT2D eigenvalue weighted by Crippen LogP contribution is -1.98. The zero-order chi connectivity index (χ0) is 10.3. The van der Waals surface area contributed by atoms with Crippen LogP contribution < -0.4 is 0 Å². The predicted molar refractivity (Wildman–Crippen MR) is 61.2 cm³/mol. The second-order valence-electron chi connectivity index (χ2n) is 3.78. The van der Waals surface area contributed by atoms with Gasteiger partial charge in [-0.2, -0.15) is 0 Å². The fourth-order valence-corrected chi connectivity index (χ4v) is 2.11. The largest absolute Gasteiger partial charge is 0.294 e. The van der Waals surface area contributed by atoms with Crippen molar-refractivity contribution in [3.05, 3.63) is 59.2 Å². The molecule has 1 heteroatoms. The molecule has 2 aliphatic rings. The highest BCUT2D eigenvalue weighted by Gasteiger charge is 2.23. The van der Waals surface area contributed by atoms with Crippen LogP contribution in [0.4, 0.5) is 0 Å². The molecule has 0 spiro atoms. The second kappa shape index (κ2) is 3.06. The molecule has 0 N–H and O–H groups in total. The molecule has 0 aromatic heterocycles. The Morgan fingerprint density at radius 2 is 1.93 bits per heavy atom. The van der Waals surface area contributed by atoms with E-state index in [1.54, 1.807) is 0 Å². The summed E-state index contributed by atoms with van der Waals surface area (Å²) in [6.07, 6.45) is 8.42. The highest BCUT2D eigenvalue weighted by Crippen LogP contribution is 2.37. The van der Waals surface area contributed by atoms with Crippen molar-refractivity contribution in [2.24, 2.45) is 0 Å². The minimum atomic E-state index is 0.214. The van der Waals surface area contributed by atoms with Crippen LogP contribution in [-0.4, -0.2) is 5.78 Å². The number of carbonyl (C=O) groups excluding carboxylic acids is 1. The van der Waals surface area contributed by atoms with Crippen molar-refractivity contribution in [2.45, 2.75) is 6.42 Å². The van der Waals surface area contributed by atoms with Crippen molar-refractivity contribution in [2.75, 3.05) is 0 Å². The monoisotopic (exact) mass is 194 g/mol. The summed E-state index contributed by atoms with van der Waals surface area (Å²) in [7, 11) is 0. The first kappa shape index (κ1) is 8.42. The lowest BCUT2D eigenvalue weighted by atomic mass is 10.0. The van der Waals surface area contributed by atoms with E-state index in [2.05, 4.69) is 12.1 Å². The summed E-state index contributed by atoms with van der Waals surface area (Å²) in [5, 5.41) is 0. The molecule has 0 saturated carbocycles. The van der Waals surface area contributed by atoms with Crippen molar-refractivity contribution < 1.29 is 4.79 Å². The first-order valence-corrected chi connectivity index (χ1v) is 5.08. The minimum absolute atomic E-state index is 0.214. The molecule has 1 aromatic rings. The number of allylic oxidation sites excluding steroid dienone is 5. The van der Waals surface area contributed by atoms with Gasteiger partial charge in [0.15, 0.2) is 5.78 Å². The smallest absolute Gasteiger partial charge is 0.167 e. The Labute approximate surface area is 88.4 Å². The van der Waals surface area contributed by atoms with E-state index >= 15 is 0 Å². The first-order valence-electron chi connectivity index (χ1n) is 5.08. The summed E-state index contributed by atoms with van der Waals surface area (Å²) < 4.78 is 0. The molecule has 1 nitrogen and oxygen atoms in total. The van der Waals surface area contributed by atoms with Gasteiger partial charge in [0.25, 0.3) is 0 Å². The van der Waals surface area contributed by atoms with E-state index in [9.17, 15) is 4.79 Å². The fraction of sp³-hybridized carbons (Fsp3) is 0.0714. The molecule has 72 valence electrons. The van der Waals surface area contributed by atoms with E-state index in [1.807, 2.05) is 36.4 Å². The SMILES string of the molecule is O=C1CC=CC=C2C1=Cc1ccccc12. The fourth-order valence-electron chi connectivity index (χ4n) is 2.11. The summed E-state index contributed by atoms with van der Waals surface area (Å²) >= 11 is 0. The van der Waals surface area contributed by atoms with Gasteiger partial charge < -0.3 is 0 Å². The van der Waals surface area contributed by atoms with Crippen molar-refractivity contribution in [3.63, 3.8) is 0 Å². The van der Waals surface area contributed by atoms with Crippen LogP contribution in [0, 0.1) is 0 Å². The van der Waals surface area contributed by atoms with Crippen molar-refractivity contribution in [1.82, 2.24) is 0 Å². The summed E-state index contributed by atoms with van der Waals surface area (Å²) in [5.74, 6) is 0.214.